The van der Waals surface area contributed by atoms with Gasteiger partial charge in [-0.25, -0.2) is 0 Å². The van der Waals surface area contributed by atoms with Gasteiger partial charge in [-0.05, 0) is 24.7 Å². The maximum absolute atomic E-state index is 5.04. The lowest BCUT2D eigenvalue weighted by Gasteiger charge is -2.33. The van der Waals surface area contributed by atoms with E-state index in [0.717, 1.165) is 30.9 Å². The summed E-state index contributed by atoms with van der Waals surface area (Å²) in [4.78, 5) is 12.4. The molecule has 3 rings (SSSR count). The van der Waals surface area contributed by atoms with Crippen molar-refractivity contribution in [3.8, 4) is 5.75 Å². The Hall–Kier alpha value is -1.10. The summed E-state index contributed by atoms with van der Waals surface area (Å²) in [6, 6.07) is 6.78. The zero-order valence-corrected chi connectivity index (χ0v) is 9.40. The summed E-state index contributed by atoms with van der Waals surface area (Å²) in [5, 5.41) is 3.43. The molecule has 4 nitrogen and oxygen atoms in total. The van der Waals surface area contributed by atoms with Crippen molar-refractivity contribution in [1.29, 1.82) is 0 Å². The highest BCUT2D eigenvalue weighted by molar-refractivity contribution is 5.39. The average Bonchev–Trinajstić information content (AvgIpc) is 2.76. The Morgan fingerprint density at radius 2 is 2.38 bits per heavy atom. The van der Waals surface area contributed by atoms with Crippen LogP contribution in [0.2, 0.25) is 0 Å². The standard InChI is InChI=1S/C12H16N2O2/c1-14-5-4-13-7-11(14)9-2-3-12-10(6-9)8-15-16-12/h2-3,6,11,13H,4-5,7-8H2,1H3. The number of piperazine rings is 1. The van der Waals surface area contributed by atoms with Gasteiger partial charge >= 0.3 is 0 Å². The molecule has 16 heavy (non-hydrogen) atoms. The molecule has 1 unspecified atom stereocenters. The Morgan fingerprint density at radius 1 is 1.44 bits per heavy atom. The van der Waals surface area contributed by atoms with Crippen molar-refractivity contribution in [2.45, 2.75) is 12.6 Å². The summed E-state index contributed by atoms with van der Waals surface area (Å²) in [6.07, 6.45) is 0. The maximum Gasteiger partial charge on any atom is 0.171 e. The molecular weight excluding hydrogens is 204 g/mol. The molecule has 4 heteroatoms. The Kier molecular flexibility index (Phi) is 2.55. The van der Waals surface area contributed by atoms with Gasteiger partial charge in [0.15, 0.2) is 5.75 Å². The molecule has 1 aromatic carbocycles. The fraction of sp³-hybridized carbons (Fsp3) is 0.500. The number of rotatable bonds is 1. The summed E-state index contributed by atoms with van der Waals surface area (Å²) < 4.78 is 0. The van der Waals surface area contributed by atoms with Crippen molar-refractivity contribution >= 4 is 0 Å². The van der Waals surface area contributed by atoms with Crippen molar-refractivity contribution in [1.82, 2.24) is 10.2 Å². The predicted molar refractivity (Wildman–Crippen MR) is 60.1 cm³/mol. The SMILES string of the molecule is CN1CCNCC1c1ccc2c(c1)COO2. The molecule has 0 radical (unpaired) electrons. The van der Waals surface area contributed by atoms with Crippen LogP contribution in [0.1, 0.15) is 17.2 Å². The molecular formula is C12H16N2O2. The van der Waals surface area contributed by atoms with E-state index in [2.05, 4.69) is 29.4 Å². The van der Waals surface area contributed by atoms with Crippen LogP contribution in [0.15, 0.2) is 18.2 Å². The van der Waals surface area contributed by atoms with Crippen LogP contribution in [0.4, 0.5) is 0 Å². The minimum atomic E-state index is 0.458. The number of benzene rings is 1. The van der Waals surface area contributed by atoms with Gasteiger partial charge in [-0.1, -0.05) is 6.07 Å². The smallest absolute Gasteiger partial charge is 0.171 e. The predicted octanol–water partition coefficient (Wildman–Crippen LogP) is 1.09. The molecule has 86 valence electrons. The van der Waals surface area contributed by atoms with Crippen LogP contribution in [0.25, 0.3) is 0 Å². The van der Waals surface area contributed by atoms with E-state index in [9.17, 15) is 0 Å². The third-order valence-electron chi connectivity index (χ3n) is 3.34. The molecule has 0 saturated carbocycles. The Morgan fingerprint density at radius 3 is 3.25 bits per heavy atom. The van der Waals surface area contributed by atoms with Crippen molar-refractivity contribution in [3.05, 3.63) is 29.3 Å². The highest BCUT2D eigenvalue weighted by Gasteiger charge is 2.22. The number of likely N-dealkylation sites (N-methyl/N-ethyl adjacent to an activating group) is 1. The highest BCUT2D eigenvalue weighted by Crippen LogP contribution is 2.30. The first-order valence-corrected chi connectivity index (χ1v) is 5.68. The number of fused-ring (bicyclic) bond motifs is 1. The van der Waals surface area contributed by atoms with Gasteiger partial charge in [0.1, 0.15) is 6.61 Å². The monoisotopic (exact) mass is 220 g/mol. The van der Waals surface area contributed by atoms with Crippen molar-refractivity contribution < 1.29 is 9.78 Å². The summed E-state index contributed by atoms with van der Waals surface area (Å²) >= 11 is 0. The zero-order chi connectivity index (χ0) is 11.0. The van der Waals surface area contributed by atoms with Crippen LogP contribution in [-0.4, -0.2) is 31.6 Å². The summed E-state index contributed by atoms with van der Waals surface area (Å²) in [7, 11) is 2.17. The second-order valence-corrected chi connectivity index (χ2v) is 4.41. The second-order valence-electron chi connectivity index (χ2n) is 4.41. The fourth-order valence-electron chi connectivity index (χ4n) is 2.34. The highest BCUT2D eigenvalue weighted by atomic mass is 17.2. The molecule has 2 aliphatic rings. The number of nitrogens with zero attached hydrogens (tertiary/aromatic N) is 1. The summed E-state index contributed by atoms with van der Waals surface area (Å²) in [5.41, 5.74) is 2.49. The largest absolute Gasteiger partial charge is 0.337 e. The lowest BCUT2D eigenvalue weighted by atomic mass is 10.0. The molecule has 0 spiro atoms. The van der Waals surface area contributed by atoms with Gasteiger partial charge in [0, 0.05) is 31.2 Å². The van der Waals surface area contributed by atoms with Crippen molar-refractivity contribution in [2.75, 3.05) is 26.7 Å². The van der Waals surface area contributed by atoms with Gasteiger partial charge in [0.2, 0.25) is 0 Å². The third-order valence-corrected chi connectivity index (χ3v) is 3.34. The first kappa shape index (κ1) is 10.1. The normalized spacial score (nSPS) is 25.2. The average molecular weight is 220 g/mol. The zero-order valence-electron chi connectivity index (χ0n) is 9.40. The van der Waals surface area contributed by atoms with Gasteiger partial charge in [0.05, 0.1) is 0 Å². The van der Waals surface area contributed by atoms with E-state index in [4.69, 9.17) is 9.78 Å². The topological polar surface area (TPSA) is 33.7 Å². The molecule has 1 N–H and O–H groups in total. The van der Waals surface area contributed by atoms with Crippen LogP contribution in [0, 0.1) is 0 Å². The van der Waals surface area contributed by atoms with Crippen LogP contribution in [-0.2, 0) is 11.5 Å². The van der Waals surface area contributed by atoms with Crippen LogP contribution in [0.5, 0.6) is 5.75 Å². The molecule has 2 heterocycles. The van der Waals surface area contributed by atoms with E-state index in [-0.39, 0.29) is 0 Å². The molecule has 0 bridgehead atoms. The van der Waals surface area contributed by atoms with E-state index >= 15 is 0 Å². The van der Waals surface area contributed by atoms with Crippen molar-refractivity contribution in [3.63, 3.8) is 0 Å². The van der Waals surface area contributed by atoms with Crippen LogP contribution in [0.3, 0.4) is 0 Å². The molecule has 1 saturated heterocycles. The number of nitrogens with one attached hydrogen (secondary N) is 1. The van der Waals surface area contributed by atoms with Crippen LogP contribution >= 0.6 is 0 Å². The lowest BCUT2D eigenvalue weighted by molar-refractivity contribution is -0.194. The minimum Gasteiger partial charge on any atom is -0.337 e. The number of hydrogen-bond donors (Lipinski definition) is 1. The van der Waals surface area contributed by atoms with Gasteiger partial charge in [0.25, 0.3) is 0 Å². The van der Waals surface area contributed by atoms with E-state index in [0.29, 0.717) is 12.6 Å². The summed E-state index contributed by atoms with van der Waals surface area (Å²) in [6.45, 7) is 3.74. The van der Waals surface area contributed by atoms with Gasteiger partial charge in [-0.3, -0.25) is 4.90 Å². The van der Waals surface area contributed by atoms with E-state index in [1.165, 1.54) is 5.56 Å². The molecule has 1 atom stereocenters. The Bertz CT molecular complexity index is 395. The summed E-state index contributed by atoms with van der Waals surface area (Å²) in [5.74, 6) is 0.857. The molecule has 0 amide bonds. The fourth-order valence-corrected chi connectivity index (χ4v) is 2.34. The van der Waals surface area contributed by atoms with Gasteiger partial charge < -0.3 is 10.2 Å². The molecule has 0 aromatic heterocycles. The Labute approximate surface area is 95.1 Å². The Balaban J connectivity index is 1.88. The van der Waals surface area contributed by atoms with Gasteiger partial charge in [-0.15, -0.1) is 0 Å². The number of hydrogen-bond acceptors (Lipinski definition) is 4. The van der Waals surface area contributed by atoms with Crippen molar-refractivity contribution in [2.24, 2.45) is 0 Å². The van der Waals surface area contributed by atoms with E-state index < -0.39 is 0 Å². The van der Waals surface area contributed by atoms with E-state index in [1.807, 2.05) is 6.07 Å². The lowest BCUT2D eigenvalue weighted by Crippen LogP contribution is -2.43. The second kappa shape index (κ2) is 4.05. The first-order chi connectivity index (χ1) is 7.84. The minimum absolute atomic E-state index is 0.458. The third kappa shape index (κ3) is 1.69. The molecule has 1 fully saturated rings. The molecule has 0 aliphatic carbocycles. The maximum atomic E-state index is 5.04. The first-order valence-electron chi connectivity index (χ1n) is 5.68. The molecule has 2 aliphatic heterocycles. The molecule has 1 aromatic rings. The van der Waals surface area contributed by atoms with E-state index in [1.54, 1.807) is 0 Å². The van der Waals surface area contributed by atoms with Gasteiger partial charge in [-0.2, -0.15) is 4.89 Å². The van der Waals surface area contributed by atoms with Crippen LogP contribution < -0.4 is 10.2 Å². The quantitative estimate of drug-likeness (QED) is 0.718.